The van der Waals surface area contributed by atoms with E-state index in [1.165, 1.54) is 11.3 Å². The van der Waals surface area contributed by atoms with E-state index in [9.17, 15) is 9.90 Å². The van der Waals surface area contributed by atoms with Crippen molar-refractivity contribution in [2.24, 2.45) is 0 Å². The van der Waals surface area contributed by atoms with Crippen LogP contribution in [0.4, 0.5) is 0 Å². The molecule has 1 aromatic heterocycles. The number of nitrogens with zero attached hydrogens (tertiary/aromatic N) is 1. The first-order chi connectivity index (χ1) is 11.0. The third-order valence-corrected chi connectivity index (χ3v) is 6.45. The average molecular weight is 398 g/mol. The summed E-state index contributed by atoms with van der Waals surface area (Å²) in [7, 11) is 1.62. The lowest BCUT2D eigenvalue weighted by atomic mass is 9.97. The highest BCUT2D eigenvalue weighted by Gasteiger charge is 2.46. The third-order valence-electron chi connectivity index (χ3n) is 3.83. The second-order valence-electron chi connectivity index (χ2n) is 5.31. The summed E-state index contributed by atoms with van der Waals surface area (Å²) >= 11 is 4.95. The molecule has 3 rings (SSSR count). The zero-order valence-corrected chi connectivity index (χ0v) is 15.1. The second kappa shape index (κ2) is 6.22. The molecule has 2 heterocycles. The average Bonchev–Trinajstić information content (AvgIpc) is 2.95. The zero-order valence-electron chi connectivity index (χ0n) is 12.7. The van der Waals surface area contributed by atoms with Crippen molar-refractivity contribution in [3.8, 4) is 17.0 Å². The number of aromatic carboxylic acids is 1. The molecule has 0 saturated heterocycles. The number of halogens is 1. The molecule has 0 saturated carbocycles. The van der Waals surface area contributed by atoms with Crippen LogP contribution < -0.4 is 4.74 Å². The van der Waals surface area contributed by atoms with E-state index >= 15 is 0 Å². The third kappa shape index (κ3) is 2.66. The van der Waals surface area contributed by atoms with Gasteiger partial charge in [0.1, 0.15) is 16.2 Å². The van der Waals surface area contributed by atoms with Crippen molar-refractivity contribution in [1.29, 1.82) is 0 Å². The molecule has 2 unspecified atom stereocenters. The number of rotatable bonds is 4. The first-order valence-corrected chi connectivity index (χ1v) is 8.80. The van der Waals surface area contributed by atoms with Crippen LogP contribution in [0.5, 0.6) is 5.75 Å². The van der Waals surface area contributed by atoms with Crippen molar-refractivity contribution in [3.63, 3.8) is 0 Å². The van der Waals surface area contributed by atoms with Crippen molar-refractivity contribution in [3.05, 3.63) is 34.2 Å². The van der Waals surface area contributed by atoms with Gasteiger partial charge in [-0.2, -0.15) is 0 Å². The number of methoxy groups -OCH3 is 1. The molecule has 0 amide bonds. The Morgan fingerprint density at radius 1 is 1.52 bits per heavy atom. The van der Waals surface area contributed by atoms with Crippen LogP contribution in [-0.2, 0) is 9.06 Å². The summed E-state index contributed by atoms with van der Waals surface area (Å²) < 4.78 is 11.0. The Morgan fingerprint density at radius 3 is 2.91 bits per heavy atom. The molecule has 1 aliphatic heterocycles. The molecule has 1 aliphatic rings. The fourth-order valence-electron chi connectivity index (χ4n) is 2.81. The van der Waals surface area contributed by atoms with Crippen LogP contribution in [0, 0.1) is 0 Å². The predicted molar refractivity (Wildman–Crippen MR) is 91.7 cm³/mol. The van der Waals surface area contributed by atoms with Gasteiger partial charge in [0, 0.05) is 12.7 Å². The molecule has 23 heavy (non-hydrogen) atoms. The monoisotopic (exact) mass is 397 g/mol. The van der Waals surface area contributed by atoms with Gasteiger partial charge in [-0.15, -0.1) is 11.3 Å². The number of aromatic nitrogens is 1. The number of carbonyl (C=O) groups is 1. The highest BCUT2D eigenvalue weighted by Crippen LogP contribution is 2.50. The molecule has 2 aromatic rings. The van der Waals surface area contributed by atoms with Crippen LogP contribution in [-0.4, -0.2) is 35.9 Å². The molecule has 0 spiro atoms. The minimum atomic E-state index is -1.03. The Kier molecular flexibility index (Phi) is 4.44. The van der Waals surface area contributed by atoms with Gasteiger partial charge in [0.05, 0.1) is 17.2 Å². The number of para-hydroxylation sites is 1. The SMILES string of the molecule is CCC1Oc2ccccc2-c2nc(C(=O)O)sc2C1(Br)COC. The molecule has 0 fully saturated rings. The highest BCUT2D eigenvalue weighted by molar-refractivity contribution is 9.09. The summed E-state index contributed by atoms with van der Waals surface area (Å²) in [6.45, 7) is 2.39. The fourth-order valence-corrected chi connectivity index (χ4v) is 4.92. The highest BCUT2D eigenvalue weighted by atomic mass is 79.9. The van der Waals surface area contributed by atoms with Gasteiger partial charge < -0.3 is 14.6 Å². The maximum Gasteiger partial charge on any atom is 0.365 e. The molecule has 1 N–H and O–H groups in total. The molecular formula is C16H16BrNO4S. The zero-order chi connectivity index (χ0) is 16.6. The topological polar surface area (TPSA) is 68.7 Å². The maximum atomic E-state index is 11.4. The van der Waals surface area contributed by atoms with Crippen LogP contribution in [0.1, 0.15) is 28.0 Å². The maximum absolute atomic E-state index is 11.4. The number of hydrogen-bond donors (Lipinski definition) is 1. The van der Waals surface area contributed by atoms with E-state index in [0.717, 1.165) is 16.9 Å². The van der Waals surface area contributed by atoms with Crippen LogP contribution in [0.3, 0.4) is 0 Å². The summed E-state index contributed by atoms with van der Waals surface area (Å²) in [5.41, 5.74) is 1.45. The summed E-state index contributed by atoms with van der Waals surface area (Å²) in [4.78, 5) is 16.6. The summed E-state index contributed by atoms with van der Waals surface area (Å²) in [6, 6.07) is 7.57. The number of alkyl halides is 1. The van der Waals surface area contributed by atoms with E-state index in [4.69, 9.17) is 9.47 Å². The molecule has 2 atom stereocenters. The molecule has 0 radical (unpaired) electrons. The largest absolute Gasteiger partial charge is 0.488 e. The molecule has 122 valence electrons. The van der Waals surface area contributed by atoms with Crippen molar-refractivity contribution in [2.75, 3.05) is 13.7 Å². The molecular weight excluding hydrogens is 382 g/mol. The normalized spacial score (nSPS) is 22.7. The van der Waals surface area contributed by atoms with E-state index in [2.05, 4.69) is 20.9 Å². The Hall–Kier alpha value is -1.44. The van der Waals surface area contributed by atoms with Gasteiger partial charge >= 0.3 is 5.97 Å². The van der Waals surface area contributed by atoms with Gasteiger partial charge in [-0.1, -0.05) is 35.0 Å². The number of carboxylic acid groups (broad SMARTS) is 1. The first kappa shape index (κ1) is 16.4. The second-order valence-corrected chi connectivity index (χ2v) is 7.72. The van der Waals surface area contributed by atoms with Crippen LogP contribution >= 0.6 is 27.3 Å². The van der Waals surface area contributed by atoms with E-state index in [1.54, 1.807) is 7.11 Å². The van der Waals surface area contributed by atoms with E-state index in [1.807, 2.05) is 31.2 Å². The lowest BCUT2D eigenvalue weighted by Crippen LogP contribution is -2.40. The summed E-state index contributed by atoms with van der Waals surface area (Å²) in [6.07, 6.45) is 0.537. The number of fused-ring (bicyclic) bond motifs is 3. The number of carboxylic acids is 1. The number of benzene rings is 1. The lowest BCUT2D eigenvalue weighted by molar-refractivity contribution is 0.0696. The van der Waals surface area contributed by atoms with Crippen molar-refractivity contribution < 1.29 is 19.4 Å². The summed E-state index contributed by atoms with van der Waals surface area (Å²) in [5.74, 6) is -0.318. The van der Waals surface area contributed by atoms with Crippen molar-refractivity contribution in [1.82, 2.24) is 4.98 Å². The lowest BCUT2D eigenvalue weighted by Gasteiger charge is -2.32. The number of ether oxygens (including phenoxy) is 2. The molecule has 7 heteroatoms. The van der Waals surface area contributed by atoms with Crippen molar-refractivity contribution >= 4 is 33.2 Å². The standard InChI is InChI=1S/C16H16BrNO4S/c1-3-11-16(17,8-21-2)13-12(18-14(23-13)15(19)20)9-6-4-5-7-10(9)22-11/h4-7,11H,3,8H2,1-2H3,(H,19,20). The number of hydrogen-bond acceptors (Lipinski definition) is 5. The van der Waals surface area contributed by atoms with Crippen LogP contribution in [0.15, 0.2) is 24.3 Å². The smallest absolute Gasteiger partial charge is 0.365 e. The molecule has 5 nitrogen and oxygen atoms in total. The minimum Gasteiger partial charge on any atom is -0.488 e. The van der Waals surface area contributed by atoms with Crippen LogP contribution in [0.25, 0.3) is 11.3 Å². The number of thiazole rings is 1. The van der Waals surface area contributed by atoms with E-state index in [0.29, 0.717) is 18.1 Å². The minimum absolute atomic E-state index is 0.0708. The Balaban J connectivity index is 2.29. The predicted octanol–water partition coefficient (Wildman–Crippen LogP) is 3.92. The van der Waals surface area contributed by atoms with Gasteiger partial charge in [0.25, 0.3) is 0 Å². The quantitative estimate of drug-likeness (QED) is 0.791. The Labute approximate surface area is 146 Å². The van der Waals surface area contributed by atoms with E-state index < -0.39 is 10.3 Å². The molecule has 0 aliphatic carbocycles. The molecule has 0 bridgehead atoms. The van der Waals surface area contributed by atoms with Gasteiger partial charge in [0.15, 0.2) is 0 Å². The Bertz CT molecular complexity index is 747. The van der Waals surface area contributed by atoms with Gasteiger partial charge in [-0.05, 0) is 18.6 Å². The van der Waals surface area contributed by atoms with Crippen molar-refractivity contribution in [2.45, 2.75) is 23.8 Å². The first-order valence-electron chi connectivity index (χ1n) is 7.19. The molecule has 1 aromatic carbocycles. The van der Waals surface area contributed by atoms with Crippen LogP contribution in [0.2, 0.25) is 0 Å². The van der Waals surface area contributed by atoms with Gasteiger partial charge in [-0.25, -0.2) is 9.78 Å². The van der Waals surface area contributed by atoms with E-state index in [-0.39, 0.29) is 11.1 Å². The summed E-state index contributed by atoms with van der Waals surface area (Å²) in [5, 5.41) is 9.42. The van der Waals surface area contributed by atoms with Gasteiger partial charge in [0.2, 0.25) is 5.01 Å². The fraction of sp³-hybridized carbons (Fsp3) is 0.375. The Morgan fingerprint density at radius 2 is 2.26 bits per heavy atom. The van der Waals surface area contributed by atoms with Gasteiger partial charge in [-0.3, -0.25) is 0 Å².